The molecule has 0 aromatic heterocycles. The van der Waals surface area contributed by atoms with Gasteiger partial charge in [0.15, 0.2) is 5.96 Å². The number of anilines is 1. The molecule has 6 aliphatic rings. The van der Waals surface area contributed by atoms with Crippen LogP contribution in [0.15, 0.2) is 23.2 Å². The molecule has 0 spiro atoms. The topological polar surface area (TPSA) is 70.6 Å². The minimum Gasteiger partial charge on any atom is -0.387 e. The highest BCUT2D eigenvalue weighted by atomic mass is 127. The summed E-state index contributed by atoms with van der Waals surface area (Å²) >= 11 is 0. The van der Waals surface area contributed by atoms with E-state index in [0.29, 0.717) is 24.3 Å². The molecule has 0 heterocycles. The summed E-state index contributed by atoms with van der Waals surface area (Å²) in [6.07, 6.45) is 6.41. The Morgan fingerprint density at radius 3 is 2.74 bits per heavy atom. The van der Waals surface area contributed by atoms with E-state index in [-0.39, 0.29) is 24.0 Å². The van der Waals surface area contributed by atoms with E-state index in [4.69, 9.17) is 5.73 Å². The van der Waals surface area contributed by atoms with Crippen molar-refractivity contribution >= 4 is 35.6 Å². The molecule has 4 nitrogen and oxygen atoms in total. The summed E-state index contributed by atoms with van der Waals surface area (Å²) in [5, 5.41) is 14.9. The Kier molecular flexibility index (Phi) is 3.42. The van der Waals surface area contributed by atoms with Crippen LogP contribution in [0.3, 0.4) is 0 Å². The summed E-state index contributed by atoms with van der Waals surface area (Å²) in [7, 11) is 0. The third kappa shape index (κ3) is 1.91. The number of aliphatic hydroxyl groups is 1. The average molecular weight is 477 g/mol. The van der Waals surface area contributed by atoms with Gasteiger partial charge in [-0.1, -0.05) is 6.07 Å². The number of aryl methyl sites for hydroxylation is 2. The third-order valence-corrected chi connectivity index (χ3v) is 9.39. The highest BCUT2D eigenvalue weighted by Crippen LogP contribution is 2.85. The van der Waals surface area contributed by atoms with Crippen LogP contribution in [0.4, 0.5) is 5.69 Å². The minimum atomic E-state index is -0.575. The van der Waals surface area contributed by atoms with Crippen molar-refractivity contribution in [2.75, 3.05) is 11.9 Å². The molecule has 27 heavy (non-hydrogen) atoms. The first-order valence-corrected chi connectivity index (χ1v) is 10.6. The number of nitrogens with zero attached hydrogens (tertiary/aromatic N) is 1. The summed E-state index contributed by atoms with van der Waals surface area (Å²) in [5.74, 6) is 6.58. The van der Waals surface area contributed by atoms with Crippen LogP contribution < -0.4 is 11.1 Å². The maximum Gasteiger partial charge on any atom is 0.193 e. The standard InChI is InChI=1S/C22H27N3O.HI/c23-21(25-12-5-4-10-2-1-3-11(10)6-12)24-9-22(26)19-14-8-15-17-13(14)7-16(19)18(17)20(15)22;/h4-6,13-20,26H,1-3,7-9H2,(H3,23,24,25);1H. The van der Waals surface area contributed by atoms with Crippen molar-refractivity contribution in [3.63, 3.8) is 0 Å². The van der Waals surface area contributed by atoms with Gasteiger partial charge in [0.1, 0.15) is 0 Å². The SMILES string of the molecule is I.NC(=NCC1(O)C2C3CC4C5C3CC2C5C41)Nc1ccc2c(c1)CCC2. The van der Waals surface area contributed by atoms with E-state index in [1.807, 2.05) is 0 Å². The zero-order chi connectivity index (χ0) is 17.2. The van der Waals surface area contributed by atoms with Gasteiger partial charge in [-0.2, -0.15) is 0 Å². The zero-order valence-corrected chi connectivity index (χ0v) is 17.8. The number of hydrogen-bond acceptors (Lipinski definition) is 2. The molecule has 1 aromatic rings. The van der Waals surface area contributed by atoms with E-state index < -0.39 is 5.60 Å². The molecule has 0 aliphatic heterocycles. The van der Waals surface area contributed by atoms with Crippen LogP contribution in [-0.4, -0.2) is 23.2 Å². The van der Waals surface area contributed by atoms with Crippen LogP contribution in [0.2, 0.25) is 0 Å². The monoisotopic (exact) mass is 477 g/mol. The molecule has 0 saturated heterocycles. The quantitative estimate of drug-likeness (QED) is 0.356. The van der Waals surface area contributed by atoms with Gasteiger partial charge in [-0.3, -0.25) is 4.99 Å². The fourth-order valence-electron chi connectivity index (χ4n) is 8.98. The van der Waals surface area contributed by atoms with E-state index in [1.54, 1.807) is 0 Å². The van der Waals surface area contributed by atoms with Crippen molar-refractivity contribution in [2.24, 2.45) is 58.1 Å². The van der Waals surface area contributed by atoms with Crippen LogP contribution in [0.5, 0.6) is 0 Å². The van der Waals surface area contributed by atoms with Gasteiger partial charge in [0.2, 0.25) is 0 Å². The van der Waals surface area contributed by atoms with Crippen LogP contribution in [0.1, 0.15) is 30.4 Å². The second-order valence-electron chi connectivity index (χ2n) is 9.99. The van der Waals surface area contributed by atoms with E-state index in [9.17, 15) is 5.11 Å². The number of rotatable bonds is 3. The highest BCUT2D eigenvalue weighted by molar-refractivity contribution is 14.0. The molecule has 6 aliphatic carbocycles. The molecule has 144 valence electrons. The van der Waals surface area contributed by atoms with Gasteiger partial charge < -0.3 is 16.2 Å². The maximum absolute atomic E-state index is 11.6. The largest absolute Gasteiger partial charge is 0.387 e. The number of guanidine groups is 1. The van der Waals surface area contributed by atoms with E-state index in [0.717, 1.165) is 41.2 Å². The Morgan fingerprint density at radius 1 is 1.07 bits per heavy atom. The second-order valence-corrected chi connectivity index (χ2v) is 9.99. The fraction of sp³-hybridized carbons (Fsp3) is 0.682. The van der Waals surface area contributed by atoms with Crippen LogP contribution >= 0.6 is 24.0 Å². The Bertz CT molecular complexity index is 850. The molecule has 4 N–H and O–H groups in total. The van der Waals surface area contributed by atoms with Crippen LogP contribution in [0, 0.1) is 47.3 Å². The summed E-state index contributed by atoms with van der Waals surface area (Å²) in [4.78, 5) is 4.64. The molecule has 9 atom stereocenters. The number of nitrogens with two attached hydrogens (primary N) is 1. The van der Waals surface area contributed by atoms with Gasteiger partial charge in [0.25, 0.3) is 0 Å². The van der Waals surface area contributed by atoms with Crippen molar-refractivity contribution in [3.8, 4) is 0 Å². The number of benzene rings is 1. The number of fused-ring (bicyclic) bond motifs is 3. The lowest BCUT2D eigenvalue weighted by molar-refractivity contribution is -0.123. The molecule has 7 rings (SSSR count). The van der Waals surface area contributed by atoms with Gasteiger partial charge in [-0.05, 0) is 103 Å². The van der Waals surface area contributed by atoms with Crippen LogP contribution in [0.25, 0.3) is 0 Å². The lowest BCUT2D eigenvalue weighted by atomic mass is 9.56. The molecule has 1 aromatic carbocycles. The van der Waals surface area contributed by atoms with E-state index in [2.05, 4.69) is 28.5 Å². The Labute approximate surface area is 177 Å². The third-order valence-electron chi connectivity index (χ3n) is 9.39. The van der Waals surface area contributed by atoms with Crippen molar-refractivity contribution in [3.05, 3.63) is 29.3 Å². The normalized spacial score (nSPS) is 49.3. The summed E-state index contributed by atoms with van der Waals surface area (Å²) in [6.45, 7) is 0.492. The zero-order valence-electron chi connectivity index (χ0n) is 15.5. The number of halogens is 1. The summed E-state index contributed by atoms with van der Waals surface area (Å²) in [6, 6.07) is 6.52. The van der Waals surface area contributed by atoms with Gasteiger partial charge >= 0.3 is 0 Å². The predicted octanol–water partition coefficient (Wildman–Crippen LogP) is 3.03. The van der Waals surface area contributed by atoms with Crippen molar-refractivity contribution in [1.29, 1.82) is 0 Å². The average Bonchev–Trinajstić information content (AvgIpc) is 3.28. The maximum atomic E-state index is 11.6. The van der Waals surface area contributed by atoms with Gasteiger partial charge in [0, 0.05) is 5.69 Å². The lowest BCUT2D eigenvalue weighted by Crippen LogP contribution is -2.56. The van der Waals surface area contributed by atoms with Gasteiger partial charge in [0.05, 0.1) is 12.1 Å². The molecular formula is C22H28IN3O. The van der Waals surface area contributed by atoms with Crippen LogP contribution in [-0.2, 0) is 12.8 Å². The molecule has 2 bridgehead atoms. The molecule has 5 fully saturated rings. The summed E-state index contributed by atoms with van der Waals surface area (Å²) in [5.41, 5.74) is 9.56. The van der Waals surface area contributed by atoms with E-state index in [1.165, 1.54) is 43.2 Å². The summed E-state index contributed by atoms with van der Waals surface area (Å²) < 4.78 is 0. The molecule has 0 radical (unpaired) electrons. The first kappa shape index (κ1) is 17.1. The second kappa shape index (κ2) is 5.41. The number of nitrogens with one attached hydrogen (secondary N) is 1. The van der Waals surface area contributed by atoms with Crippen molar-refractivity contribution in [2.45, 2.75) is 37.7 Å². The molecule has 5 saturated carbocycles. The van der Waals surface area contributed by atoms with Gasteiger partial charge in [-0.15, -0.1) is 24.0 Å². The molecule has 9 unspecified atom stereocenters. The smallest absolute Gasteiger partial charge is 0.193 e. The highest BCUT2D eigenvalue weighted by Gasteiger charge is 2.84. The minimum absolute atomic E-state index is 0. The molecule has 5 heteroatoms. The van der Waals surface area contributed by atoms with Crippen molar-refractivity contribution < 1.29 is 5.11 Å². The van der Waals surface area contributed by atoms with E-state index >= 15 is 0 Å². The predicted molar refractivity (Wildman–Crippen MR) is 116 cm³/mol. The van der Waals surface area contributed by atoms with Crippen molar-refractivity contribution in [1.82, 2.24) is 0 Å². The molecular weight excluding hydrogens is 449 g/mol. The fourth-order valence-corrected chi connectivity index (χ4v) is 8.98. The van der Waals surface area contributed by atoms with Gasteiger partial charge in [-0.25, -0.2) is 0 Å². The Hall–Kier alpha value is -0.820. The number of hydrogen-bond donors (Lipinski definition) is 3. The first-order valence-electron chi connectivity index (χ1n) is 10.6. The first-order chi connectivity index (χ1) is 12.6. The molecule has 0 amide bonds. The lowest BCUT2D eigenvalue weighted by Gasteiger charge is -2.51. The Morgan fingerprint density at radius 2 is 1.85 bits per heavy atom. The Balaban J connectivity index is 0.00000146. The number of aliphatic imine (C=N–C) groups is 1.